The summed E-state index contributed by atoms with van der Waals surface area (Å²) in [5.74, 6) is 0.963. The standard InChI is InChI=1S/C14H20BrN3O/c1-2-7-18(9-10-3-4-10)13-8-11(15)5-6-12(13)14(16)17-19/h5-6,8,10,19H,2-4,7,9H2,1H3,(H2,16,17). The summed E-state index contributed by atoms with van der Waals surface area (Å²) in [6, 6.07) is 5.85. The van der Waals surface area contributed by atoms with Crippen LogP contribution in [0, 0.1) is 5.92 Å². The molecule has 0 unspecified atom stereocenters. The van der Waals surface area contributed by atoms with Gasteiger partial charge in [0.1, 0.15) is 0 Å². The van der Waals surface area contributed by atoms with Crippen LogP contribution in [0.4, 0.5) is 5.69 Å². The van der Waals surface area contributed by atoms with Gasteiger partial charge < -0.3 is 15.8 Å². The van der Waals surface area contributed by atoms with E-state index in [-0.39, 0.29) is 5.84 Å². The highest BCUT2D eigenvalue weighted by Crippen LogP contribution is 2.33. The first-order valence-electron chi connectivity index (χ1n) is 6.68. The molecule has 1 aliphatic carbocycles. The Hall–Kier alpha value is -1.23. The zero-order chi connectivity index (χ0) is 13.8. The van der Waals surface area contributed by atoms with Crippen LogP contribution in [0.15, 0.2) is 27.8 Å². The van der Waals surface area contributed by atoms with Crippen molar-refractivity contribution in [3.05, 3.63) is 28.2 Å². The van der Waals surface area contributed by atoms with Crippen LogP contribution in [0.5, 0.6) is 0 Å². The van der Waals surface area contributed by atoms with Gasteiger partial charge in [-0.15, -0.1) is 0 Å². The molecule has 2 rings (SSSR count). The molecule has 1 fully saturated rings. The van der Waals surface area contributed by atoms with Crippen molar-refractivity contribution in [3.8, 4) is 0 Å². The van der Waals surface area contributed by atoms with Crippen molar-refractivity contribution in [3.63, 3.8) is 0 Å². The molecule has 4 nitrogen and oxygen atoms in total. The van der Waals surface area contributed by atoms with E-state index in [0.29, 0.717) is 0 Å². The summed E-state index contributed by atoms with van der Waals surface area (Å²) in [4.78, 5) is 2.34. The Labute approximate surface area is 122 Å². The van der Waals surface area contributed by atoms with Crippen LogP contribution in [0.1, 0.15) is 31.7 Å². The van der Waals surface area contributed by atoms with Crippen molar-refractivity contribution in [2.45, 2.75) is 26.2 Å². The molecule has 0 aliphatic heterocycles. The van der Waals surface area contributed by atoms with Gasteiger partial charge in [0.15, 0.2) is 5.84 Å². The molecule has 3 N–H and O–H groups in total. The molecule has 0 aromatic heterocycles. The lowest BCUT2D eigenvalue weighted by Gasteiger charge is -2.26. The Bertz CT molecular complexity index is 472. The third kappa shape index (κ3) is 3.62. The third-order valence-corrected chi connectivity index (χ3v) is 3.85. The van der Waals surface area contributed by atoms with Crippen molar-refractivity contribution in [1.82, 2.24) is 0 Å². The first-order valence-corrected chi connectivity index (χ1v) is 7.47. The summed E-state index contributed by atoms with van der Waals surface area (Å²) in [7, 11) is 0. The average molecular weight is 326 g/mol. The number of benzene rings is 1. The van der Waals surface area contributed by atoms with E-state index >= 15 is 0 Å². The molecule has 5 heteroatoms. The quantitative estimate of drug-likeness (QED) is 0.365. The van der Waals surface area contributed by atoms with Gasteiger partial charge in [-0.3, -0.25) is 0 Å². The third-order valence-electron chi connectivity index (χ3n) is 3.35. The molecular formula is C14H20BrN3O. The van der Waals surface area contributed by atoms with Crippen molar-refractivity contribution in [2.24, 2.45) is 16.8 Å². The molecule has 1 aromatic carbocycles. The van der Waals surface area contributed by atoms with Crippen LogP contribution < -0.4 is 10.6 Å². The average Bonchev–Trinajstić information content (AvgIpc) is 3.21. The van der Waals surface area contributed by atoms with Gasteiger partial charge in [0.25, 0.3) is 0 Å². The summed E-state index contributed by atoms with van der Waals surface area (Å²) in [6.07, 6.45) is 3.70. The first-order chi connectivity index (χ1) is 9.15. The summed E-state index contributed by atoms with van der Waals surface area (Å²) in [5, 5.41) is 12.1. The molecule has 1 aliphatic rings. The number of amidine groups is 1. The van der Waals surface area contributed by atoms with E-state index in [1.165, 1.54) is 12.8 Å². The number of nitrogens with zero attached hydrogens (tertiary/aromatic N) is 2. The highest BCUT2D eigenvalue weighted by Gasteiger charge is 2.25. The molecule has 0 heterocycles. The summed E-state index contributed by atoms with van der Waals surface area (Å²) < 4.78 is 1.01. The Morgan fingerprint density at radius 2 is 2.26 bits per heavy atom. The molecular weight excluding hydrogens is 306 g/mol. The molecule has 0 spiro atoms. The van der Waals surface area contributed by atoms with Gasteiger partial charge in [0, 0.05) is 28.8 Å². The van der Waals surface area contributed by atoms with E-state index in [2.05, 4.69) is 32.9 Å². The predicted molar refractivity (Wildman–Crippen MR) is 81.9 cm³/mol. The van der Waals surface area contributed by atoms with Gasteiger partial charge in [0.05, 0.1) is 0 Å². The molecule has 1 aromatic rings. The fraction of sp³-hybridized carbons (Fsp3) is 0.500. The minimum absolute atomic E-state index is 0.166. The van der Waals surface area contributed by atoms with E-state index < -0.39 is 0 Å². The van der Waals surface area contributed by atoms with Crippen molar-refractivity contribution in [2.75, 3.05) is 18.0 Å². The SMILES string of the molecule is CCCN(CC1CC1)c1cc(Br)ccc1/C(N)=N/O. The van der Waals surface area contributed by atoms with E-state index in [1.807, 2.05) is 18.2 Å². The van der Waals surface area contributed by atoms with E-state index in [0.717, 1.165) is 41.2 Å². The molecule has 19 heavy (non-hydrogen) atoms. The Balaban J connectivity index is 2.34. The summed E-state index contributed by atoms with van der Waals surface area (Å²) in [6.45, 7) is 4.20. The maximum atomic E-state index is 8.92. The fourth-order valence-corrected chi connectivity index (χ4v) is 2.58. The normalized spacial score (nSPS) is 15.6. The lowest BCUT2D eigenvalue weighted by atomic mass is 10.1. The predicted octanol–water partition coefficient (Wildman–Crippen LogP) is 3.17. The van der Waals surface area contributed by atoms with Crippen molar-refractivity contribution in [1.29, 1.82) is 0 Å². The molecule has 1 saturated carbocycles. The number of hydrogen-bond acceptors (Lipinski definition) is 3. The van der Waals surface area contributed by atoms with Gasteiger partial charge in [-0.05, 0) is 43.4 Å². The Kier molecular flexibility index (Phi) is 4.69. The van der Waals surface area contributed by atoms with Crippen LogP contribution in [0.2, 0.25) is 0 Å². The van der Waals surface area contributed by atoms with E-state index in [1.54, 1.807) is 0 Å². The van der Waals surface area contributed by atoms with E-state index in [9.17, 15) is 0 Å². The monoisotopic (exact) mass is 325 g/mol. The fourth-order valence-electron chi connectivity index (χ4n) is 2.23. The van der Waals surface area contributed by atoms with Crippen LogP contribution >= 0.6 is 15.9 Å². The Morgan fingerprint density at radius 3 is 2.84 bits per heavy atom. The molecule has 0 atom stereocenters. The number of halogens is 1. The van der Waals surface area contributed by atoms with E-state index in [4.69, 9.17) is 10.9 Å². The maximum absolute atomic E-state index is 8.92. The van der Waals surface area contributed by atoms with Gasteiger partial charge >= 0.3 is 0 Å². The number of anilines is 1. The first kappa shape index (κ1) is 14.2. The zero-order valence-electron chi connectivity index (χ0n) is 11.1. The lowest BCUT2D eigenvalue weighted by molar-refractivity contribution is 0.318. The highest BCUT2D eigenvalue weighted by molar-refractivity contribution is 9.10. The van der Waals surface area contributed by atoms with Crippen molar-refractivity contribution < 1.29 is 5.21 Å². The second-order valence-corrected chi connectivity index (χ2v) is 5.95. The molecule has 0 radical (unpaired) electrons. The second-order valence-electron chi connectivity index (χ2n) is 5.04. The molecule has 104 valence electrons. The highest BCUT2D eigenvalue weighted by atomic mass is 79.9. The number of nitrogens with two attached hydrogens (primary N) is 1. The van der Waals surface area contributed by atoms with Gasteiger partial charge in [0.2, 0.25) is 0 Å². The number of hydrogen-bond donors (Lipinski definition) is 2. The smallest absolute Gasteiger partial charge is 0.172 e. The molecule has 0 amide bonds. The van der Waals surface area contributed by atoms with Crippen LogP contribution in [-0.2, 0) is 0 Å². The number of oxime groups is 1. The topological polar surface area (TPSA) is 61.8 Å². The molecule has 0 saturated heterocycles. The number of rotatable bonds is 6. The van der Waals surface area contributed by atoms with Crippen LogP contribution in [0.3, 0.4) is 0 Å². The lowest BCUT2D eigenvalue weighted by Crippen LogP contribution is -2.29. The zero-order valence-corrected chi connectivity index (χ0v) is 12.7. The van der Waals surface area contributed by atoms with Crippen LogP contribution in [-0.4, -0.2) is 24.1 Å². The summed E-state index contributed by atoms with van der Waals surface area (Å²) in [5.41, 5.74) is 7.62. The minimum atomic E-state index is 0.166. The van der Waals surface area contributed by atoms with Gasteiger partial charge in [-0.25, -0.2) is 0 Å². The maximum Gasteiger partial charge on any atom is 0.172 e. The van der Waals surface area contributed by atoms with Crippen molar-refractivity contribution >= 4 is 27.5 Å². The molecule has 0 bridgehead atoms. The summed E-state index contributed by atoms with van der Waals surface area (Å²) >= 11 is 3.50. The van der Waals surface area contributed by atoms with Crippen LogP contribution in [0.25, 0.3) is 0 Å². The van der Waals surface area contributed by atoms with Gasteiger partial charge in [-0.2, -0.15) is 0 Å². The minimum Gasteiger partial charge on any atom is -0.409 e. The largest absolute Gasteiger partial charge is 0.409 e. The van der Waals surface area contributed by atoms with Gasteiger partial charge in [-0.1, -0.05) is 28.0 Å². The Morgan fingerprint density at radius 1 is 1.53 bits per heavy atom. The second kappa shape index (κ2) is 6.28.